The average Bonchev–Trinajstić information content (AvgIpc) is 1.86. The molecule has 1 aliphatic carbocycles. The fourth-order valence-corrected chi connectivity index (χ4v) is 10.3. The molecule has 3 heterocycles. The molecule has 0 bridgehead atoms. The van der Waals surface area contributed by atoms with E-state index in [2.05, 4.69) is 18.7 Å². The summed E-state index contributed by atoms with van der Waals surface area (Å²) in [5.41, 5.74) is 4.46. The van der Waals surface area contributed by atoms with Crippen LogP contribution in [0.1, 0.15) is 90.3 Å². The lowest BCUT2D eigenvalue weighted by Crippen LogP contribution is -2.33. The number of rotatable bonds is 10. The smallest absolute Gasteiger partial charge is 0.137 e. The van der Waals surface area contributed by atoms with E-state index in [-0.39, 0.29) is 47.4 Å². The minimum Gasteiger partial charge on any atom is -0.457 e. The van der Waals surface area contributed by atoms with Crippen molar-refractivity contribution in [2.75, 3.05) is 16.5 Å². The molecule has 0 atom stereocenters. The van der Waals surface area contributed by atoms with Crippen LogP contribution >= 0.6 is 0 Å². The monoisotopic (exact) mass is 939 g/mol. The number of fused-ring (bicyclic) bond motifs is 5. The molecule has 2 aromatic heterocycles. The van der Waals surface area contributed by atoms with Crippen molar-refractivity contribution in [1.29, 1.82) is 0 Å². The second-order valence-corrected chi connectivity index (χ2v) is 20.0. The molecule has 0 N–H and O–H groups in total. The molecule has 0 radical (unpaired) electrons. The van der Waals surface area contributed by atoms with Gasteiger partial charge in [0.2, 0.25) is 0 Å². The highest BCUT2D eigenvalue weighted by molar-refractivity contribution is 6.09. The Labute approximate surface area is 438 Å². The van der Waals surface area contributed by atoms with Crippen LogP contribution in [0.4, 0.5) is 22.7 Å². The highest BCUT2D eigenvalue weighted by Crippen LogP contribution is 2.53. The number of anilines is 4. The summed E-state index contributed by atoms with van der Waals surface area (Å²) in [6.45, 7) is 12.0. The molecule has 0 spiro atoms. The first-order valence-corrected chi connectivity index (χ1v) is 24.1. The van der Waals surface area contributed by atoms with E-state index in [0.29, 0.717) is 56.6 Å². The number of hydrogen-bond acceptors (Lipinski definition) is 4. The Balaban J connectivity index is 1.03. The van der Waals surface area contributed by atoms with E-state index in [4.69, 9.17) is 20.7 Å². The van der Waals surface area contributed by atoms with Crippen LogP contribution in [-0.4, -0.2) is 16.2 Å². The number of para-hydroxylation sites is 4. The molecule has 350 valence electrons. The van der Waals surface area contributed by atoms with Gasteiger partial charge in [-0.15, -0.1) is 0 Å². The first-order chi connectivity index (χ1) is 40.3. The van der Waals surface area contributed by atoms with Gasteiger partial charge in [0.05, 0.1) is 44.5 Å². The lowest BCUT2D eigenvalue weighted by Gasteiger charge is -2.42. The van der Waals surface area contributed by atoms with Crippen molar-refractivity contribution < 1.29 is 23.9 Å². The molecule has 1 aliphatic heterocycles. The SMILES string of the molecule is [2H]c1c([2H])c([2H])c(-c2c([2H])c([2H])c([2H])c(-c3cccc(-c4c([2H])c([2H])c5c(c4[2H])C(C)(C)CCC5(C)C)c3N3CN(c4cccc(Oc5ccc6c7ccccc7n(-c7cc(C([2H])([2H])C(C)C)ccn7)c6c5)c4)c4ccccc43)c2[2H])c([2H])c1[2H]. The quantitative estimate of drug-likeness (QED) is 0.137. The molecular weight excluding hydrogens is 865 g/mol. The first kappa shape index (κ1) is 31.4. The summed E-state index contributed by atoms with van der Waals surface area (Å²) in [5, 5.41) is 1.95. The van der Waals surface area contributed by atoms with Gasteiger partial charge >= 0.3 is 0 Å². The average molecular weight is 939 g/mol. The summed E-state index contributed by atoms with van der Waals surface area (Å²) in [7, 11) is 0. The molecule has 0 saturated heterocycles. The Kier molecular flexibility index (Phi) is 7.73. The third-order valence-corrected chi connectivity index (χ3v) is 13.9. The van der Waals surface area contributed by atoms with Crippen LogP contribution in [0.2, 0.25) is 0 Å². The first-order valence-electron chi connectivity index (χ1n) is 31.1. The van der Waals surface area contributed by atoms with Crippen molar-refractivity contribution in [3.8, 4) is 50.7 Å². The van der Waals surface area contributed by atoms with E-state index in [1.807, 2.05) is 128 Å². The minimum absolute atomic E-state index is 0.00861. The van der Waals surface area contributed by atoms with Crippen molar-refractivity contribution in [2.45, 2.75) is 71.6 Å². The lowest BCUT2D eigenvalue weighted by molar-refractivity contribution is 0.332. The van der Waals surface area contributed by atoms with Gasteiger partial charge in [-0.2, -0.15) is 0 Å². The van der Waals surface area contributed by atoms with Gasteiger partial charge < -0.3 is 14.5 Å². The zero-order valence-corrected chi connectivity index (χ0v) is 40.5. The standard InChI is InChI=1S/C66H60N4O/c1-44(2)37-45-33-36-67-63(38-45)70-59-26-11-10-23-55(59)56-31-30-52(42-62(56)70)71-51-22-15-21-50(41-51)68-43-69(61-28-13-12-27-60(61)68)64-53(48-20-14-19-47(39-48)46-17-8-7-9-18-46)24-16-25-54(64)49-29-32-57-58(40-49)66(5,6)35-34-65(57,3)4/h7-33,36,38-42,44H,34-35,37,43H2,1-6H3/i7D,8D,9D,14D,17D,18D,19D,20D,29D,32D,37D2,39D,40D. The molecule has 5 nitrogen and oxygen atoms in total. The summed E-state index contributed by atoms with van der Waals surface area (Å²) >= 11 is 0. The van der Waals surface area contributed by atoms with Crippen LogP contribution in [0.25, 0.3) is 61.0 Å². The maximum absolute atomic E-state index is 10.2. The number of benzene rings is 8. The molecule has 71 heavy (non-hydrogen) atoms. The number of aromatic nitrogens is 2. The highest BCUT2D eigenvalue weighted by atomic mass is 16.5. The molecule has 8 aromatic carbocycles. The summed E-state index contributed by atoms with van der Waals surface area (Å²) in [6.07, 6.45) is 1.51. The van der Waals surface area contributed by atoms with E-state index < -0.39 is 82.7 Å². The predicted octanol–water partition coefficient (Wildman–Crippen LogP) is 17.8. The van der Waals surface area contributed by atoms with Gasteiger partial charge in [-0.05, 0) is 136 Å². The van der Waals surface area contributed by atoms with E-state index in [0.717, 1.165) is 40.3 Å². The Morgan fingerprint density at radius 3 is 2.07 bits per heavy atom. The van der Waals surface area contributed by atoms with Gasteiger partial charge in [-0.1, -0.05) is 163 Å². The molecule has 0 fully saturated rings. The summed E-state index contributed by atoms with van der Waals surface area (Å²) in [6, 6.07) is 31.8. The third-order valence-electron chi connectivity index (χ3n) is 13.9. The maximum Gasteiger partial charge on any atom is 0.137 e. The van der Waals surface area contributed by atoms with Crippen molar-refractivity contribution >= 4 is 44.6 Å². The Bertz CT molecular complexity index is 4430. The van der Waals surface area contributed by atoms with Crippen LogP contribution in [0.15, 0.2) is 200 Å². The molecule has 12 rings (SSSR count). The van der Waals surface area contributed by atoms with Crippen LogP contribution in [0.3, 0.4) is 0 Å². The maximum atomic E-state index is 10.2. The van der Waals surface area contributed by atoms with Gasteiger partial charge in [0.1, 0.15) is 24.0 Å². The van der Waals surface area contributed by atoms with Crippen LogP contribution in [0, 0.1) is 5.92 Å². The van der Waals surface area contributed by atoms with E-state index in [1.54, 1.807) is 36.5 Å². The van der Waals surface area contributed by atoms with Crippen molar-refractivity contribution in [2.24, 2.45) is 5.92 Å². The van der Waals surface area contributed by atoms with Gasteiger partial charge in [-0.3, -0.25) is 4.57 Å². The van der Waals surface area contributed by atoms with Gasteiger partial charge in [0.15, 0.2) is 0 Å². The van der Waals surface area contributed by atoms with Crippen LogP contribution in [0.5, 0.6) is 11.5 Å². The number of pyridine rings is 1. The van der Waals surface area contributed by atoms with Crippen LogP contribution < -0.4 is 14.5 Å². The lowest BCUT2D eigenvalue weighted by atomic mass is 9.63. The summed E-state index contributed by atoms with van der Waals surface area (Å²) < 4.78 is 138. The molecule has 10 aromatic rings. The number of nitrogens with zero attached hydrogens (tertiary/aromatic N) is 4. The molecule has 2 aliphatic rings. The fourth-order valence-electron chi connectivity index (χ4n) is 10.3. The second kappa shape index (κ2) is 17.5. The number of ether oxygens (including phenoxy) is 1. The molecule has 0 saturated carbocycles. The number of hydrogen-bond donors (Lipinski definition) is 0. The Morgan fingerprint density at radius 2 is 1.27 bits per heavy atom. The fraction of sp³-hybridized carbons (Fsp3) is 0.197. The third kappa shape index (κ3) is 8.04. The van der Waals surface area contributed by atoms with Crippen LogP contribution in [-0.2, 0) is 17.2 Å². The summed E-state index contributed by atoms with van der Waals surface area (Å²) in [5.74, 6) is 1.31. The van der Waals surface area contributed by atoms with Crippen molar-refractivity contribution in [3.63, 3.8) is 0 Å². The largest absolute Gasteiger partial charge is 0.457 e. The summed E-state index contributed by atoms with van der Waals surface area (Å²) in [4.78, 5) is 8.76. The molecular formula is C66H60N4O. The van der Waals surface area contributed by atoms with Gasteiger partial charge in [0.25, 0.3) is 0 Å². The highest BCUT2D eigenvalue weighted by Gasteiger charge is 2.38. The predicted molar refractivity (Wildman–Crippen MR) is 297 cm³/mol. The van der Waals surface area contributed by atoms with E-state index in [1.165, 1.54) is 0 Å². The van der Waals surface area contributed by atoms with Crippen molar-refractivity contribution in [3.05, 3.63) is 217 Å². The zero-order valence-electron chi connectivity index (χ0n) is 54.5. The van der Waals surface area contributed by atoms with Crippen molar-refractivity contribution in [1.82, 2.24) is 9.55 Å². The minimum atomic E-state index is -1.60. The molecule has 5 heteroatoms. The van der Waals surface area contributed by atoms with E-state index >= 15 is 0 Å². The molecule has 0 unspecified atom stereocenters. The Hall–Kier alpha value is -7.89. The normalized spacial score (nSPS) is 17.8. The van der Waals surface area contributed by atoms with Gasteiger partial charge in [-0.25, -0.2) is 4.98 Å². The second-order valence-electron chi connectivity index (χ2n) is 20.0. The topological polar surface area (TPSA) is 33.5 Å². The molecule has 0 amide bonds. The van der Waals surface area contributed by atoms with Gasteiger partial charge in [0, 0.05) is 48.7 Å². The Morgan fingerprint density at radius 1 is 0.592 bits per heavy atom. The zero-order chi connectivity index (χ0) is 60.7. The van der Waals surface area contributed by atoms with E-state index in [9.17, 15) is 8.22 Å².